The molecule has 3 aliphatic carbocycles. The first kappa shape index (κ1) is 13.8. The lowest BCUT2D eigenvalue weighted by Gasteiger charge is -2.48. The summed E-state index contributed by atoms with van der Waals surface area (Å²) in [6.07, 6.45) is 5.93. The minimum Gasteiger partial charge on any atom is -0.299 e. The summed E-state index contributed by atoms with van der Waals surface area (Å²) >= 11 is 4.27. The molecule has 0 spiro atoms. The molecule has 3 heteroatoms. The number of ketones is 1. The molecule has 4 unspecified atom stereocenters. The molecule has 3 aliphatic rings. The largest absolute Gasteiger partial charge is 0.299 e. The smallest absolute Gasteiger partial charge is 0.139 e. The number of Topliss-reactive ketones (excluding diaryl/α,β-unsaturated/α-hetero) is 1. The Labute approximate surface area is 130 Å². The lowest BCUT2D eigenvalue weighted by Crippen LogP contribution is -2.42. The number of hydrogen-bond acceptors (Lipinski definition) is 2. The van der Waals surface area contributed by atoms with E-state index in [4.69, 9.17) is 0 Å². The fourth-order valence-corrected chi connectivity index (χ4v) is 5.55. The third kappa shape index (κ3) is 1.86. The van der Waals surface area contributed by atoms with Gasteiger partial charge in [-0.25, -0.2) is 4.39 Å². The van der Waals surface area contributed by atoms with Crippen LogP contribution in [0.4, 0.5) is 4.39 Å². The van der Waals surface area contributed by atoms with Gasteiger partial charge >= 0.3 is 0 Å². The van der Waals surface area contributed by atoms with E-state index in [2.05, 4.69) is 19.6 Å². The highest BCUT2D eigenvalue weighted by atomic mass is 32.1. The second-order valence-corrected chi connectivity index (χ2v) is 7.82. The van der Waals surface area contributed by atoms with Crippen molar-refractivity contribution in [3.8, 4) is 0 Å². The molecule has 1 aromatic rings. The van der Waals surface area contributed by atoms with Crippen molar-refractivity contribution in [1.29, 1.82) is 0 Å². The van der Waals surface area contributed by atoms with Crippen LogP contribution in [-0.4, -0.2) is 5.78 Å². The number of aryl methyl sites for hydroxylation is 1. The van der Waals surface area contributed by atoms with Gasteiger partial charge in [0.2, 0.25) is 0 Å². The van der Waals surface area contributed by atoms with Gasteiger partial charge in [-0.2, -0.15) is 0 Å². The molecule has 0 amide bonds. The van der Waals surface area contributed by atoms with Crippen molar-refractivity contribution in [2.24, 2.45) is 17.3 Å². The molecule has 2 saturated carbocycles. The summed E-state index contributed by atoms with van der Waals surface area (Å²) in [7, 11) is 0. The predicted molar refractivity (Wildman–Crippen MR) is 83.3 cm³/mol. The maximum Gasteiger partial charge on any atom is 0.139 e. The fourth-order valence-electron chi connectivity index (χ4n) is 5.35. The van der Waals surface area contributed by atoms with Crippen LogP contribution in [-0.2, 0) is 11.2 Å². The first-order valence-corrected chi connectivity index (χ1v) is 8.50. The van der Waals surface area contributed by atoms with Crippen LogP contribution < -0.4 is 0 Å². The molecule has 4 atom stereocenters. The van der Waals surface area contributed by atoms with Gasteiger partial charge in [-0.05, 0) is 73.1 Å². The number of carbonyl (C=O) groups excluding carboxylic acids is 1. The van der Waals surface area contributed by atoms with Gasteiger partial charge in [0.25, 0.3) is 0 Å². The Morgan fingerprint density at radius 1 is 1.24 bits per heavy atom. The van der Waals surface area contributed by atoms with E-state index >= 15 is 0 Å². The highest BCUT2D eigenvalue weighted by Crippen LogP contribution is 2.59. The van der Waals surface area contributed by atoms with Gasteiger partial charge in [0.15, 0.2) is 0 Å². The molecule has 4 rings (SSSR count). The van der Waals surface area contributed by atoms with Gasteiger partial charge in [0, 0.05) is 16.7 Å². The highest BCUT2D eigenvalue weighted by molar-refractivity contribution is 7.80. The predicted octanol–water partition coefficient (Wildman–Crippen LogP) is 4.54. The molecule has 0 radical (unpaired) electrons. The standard InChI is InChI=1S/C18H21FOS/c1-18-7-6-11-12(14(18)4-5-17(18)20)3-2-10-8-15(19)16(21)9-13(10)11/h8-9,11-12,14,21H,2-7H2,1H3. The van der Waals surface area contributed by atoms with Crippen LogP contribution in [0, 0.1) is 23.1 Å². The summed E-state index contributed by atoms with van der Waals surface area (Å²) in [6.45, 7) is 2.19. The van der Waals surface area contributed by atoms with E-state index in [1.807, 2.05) is 6.07 Å². The minimum atomic E-state index is -0.202. The molecule has 0 aliphatic heterocycles. The number of thiol groups is 1. The fraction of sp³-hybridized carbons (Fsp3) is 0.611. The zero-order chi connectivity index (χ0) is 14.8. The Morgan fingerprint density at radius 2 is 2.05 bits per heavy atom. The van der Waals surface area contributed by atoms with E-state index in [1.165, 1.54) is 11.1 Å². The molecular weight excluding hydrogens is 283 g/mol. The number of benzene rings is 1. The third-order valence-corrected chi connectivity index (χ3v) is 6.84. The van der Waals surface area contributed by atoms with Crippen molar-refractivity contribution in [3.05, 3.63) is 29.1 Å². The summed E-state index contributed by atoms with van der Waals surface area (Å²) in [6, 6.07) is 3.63. The van der Waals surface area contributed by atoms with Crippen LogP contribution in [0.2, 0.25) is 0 Å². The number of rotatable bonds is 0. The van der Waals surface area contributed by atoms with Crippen molar-refractivity contribution < 1.29 is 9.18 Å². The van der Waals surface area contributed by atoms with Crippen LogP contribution in [0.15, 0.2) is 17.0 Å². The van der Waals surface area contributed by atoms with Gasteiger partial charge in [0.05, 0.1) is 0 Å². The maximum absolute atomic E-state index is 13.7. The molecule has 1 aromatic carbocycles. The van der Waals surface area contributed by atoms with Crippen molar-refractivity contribution in [3.63, 3.8) is 0 Å². The molecular formula is C18H21FOS. The van der Waals surface area contributed by atoms with Gasteiger partial charge in [-0.15, -0.1) is 12.6 Å². The quantitative estimate of drug-likeness (QED) is 0.696. The van der Waals surface area contributed by atoms with Crippen LogP contribution >= 0.6 is 12.6 Å². The molecule has 2 fully saturated rings. The monoisotopic (exact) mass is 304 g/mol. The molecule has 0 aromatic heterocycles. The Hall–Kier alpha value is -0.830. The Kier molecular flexibility index (Phi) is 3.01. The summed E-state index contributed by atoms with van der Waals surface area (Å²) in [5.41, 5.74) is 2.39. The van der Waals surface area contributed by atoms with Crippen molar-refractivity contribution in [1.82, 2.24) is 0 Å². The summed E-state index contributed by atoms with van der Waals surface area (Å²) in [5.74, 6) is 1.91. The molecule has 0 saturated heterocycles. The normalized spacial score (nSPS) is 37.9. The number of hydrogen-bond donors (Lipinski definition) is 1. The second-order valence-electron chi connectivity index (χ2n) is 7.34. The Balaban J connectivity index is 1.75. The molecule has 1 nitrogen and oxygen atoms in total. The number of halogens is 1. The maximum atomic E-state index is 13.7. The van der Waals surface area contributed by atoms with Crippen molar-refractivity contribution in [2.45, 2.75) is 56.3 Å². The first-order chi connectivity index (χ1) is 10.0. The van der Waals surface area contributed by atoms with Crippen molar-refractivity contribution in [2.75, 3.05) is 0 Å². The average Bonchev–Trinajstić information content (AvgIpc) is 2.76. The lowest BCUT2D eigenvalue weighted by molar-refractivity contribution is -0.129. The van der Waals surface area contributed by atoms with Gasteiger partial charge in [-0.1, -0.05) is 6.92 Å². The first-order valence-electron chi connectivity index (χ1n) is 8.05. The average molecular weight is 304 g/mol. The van der Waals surface area contributed by atoms with E-state index in [0.29, 0.717) is 28.4 Å². The minimum absolute atomic E-state index is 0.0809. The molecule has 0 heterocycles. The lowest BCUT2D eigenvalue weighted by atomic mass is 9.55. The SMILES string of the molecule is CC12CCC3c4cc(S)c(F)cc4CCC3C1CCC2=O. The molecule has 21 heavy (non-hydrogen) atoms. The summed E-state index contributed by atoms with van der Waals surface area (Å²) in [4.78, 5) is 12.8. The third-order valence-electron chi connectivity index (χ3n) is 6.50. The highest BCUT2D eigenvalue weighted by Gasteiger charge is 2.54. The van der Waals surface area contributed by atoms with Crippen LogP contribution in [0.5, 0.6) is 0 Å². The van der Waals surface area contributed by atoms with E-state index in [1.54, 1.807) is 6.07 Å². The van der Waals surface area contributed by atoms with Crippen LogP contribution in [0.3, 0.4) is 0 Å². The molecule has 112 valence electrons. The summed E-state index contributed by atoms with van der Waals surface area (Å²) < 4.78 is 13.7. The number of carbonyl (C=O) groups is 1. The van der Waals surface area contributed by atoms with E-state index in [9.17, 15) is 9.18 Å². The van der Waals surface area contributed by atoms with Crippen LogP contribution in [0.1, 0.15) is 56.1 Å². The van der Waals surface area contributed by atoms with Gasteiger partial charge in [0.1, 0.15) is 11.6 Å². The van der Waals surface area contributed by atoms with E-state index in [0.717, 1.165) is 38.5 Å². The molecule has 0 N–H and O–H groups in total. The van der Waals surface area contributed by atoms with Gasteiger partial charge in [-0.3, -0.25) is 4.79 Å². The van der Waals surface area contributed by atoms with Crippen molar-refractivity contribution >= 4 is 18.4 Å². The van der Waals surface area contributed by atoms with E-state index in [-0.39, 0.29) is 11.2 Å². The Bertz CT molecular complexity index is 626. The molecule has 0 bridgehead atoms. The topological polar surface area (TPSA) is 17.1 Å². The second kappa shape index (κ2) is 4.58. The number of fused-ring (bicyclic) bond motifs is 5. The van der Waals surface area contributed by atoms with E-state index < -0.39 is 0 Å². The zero-order valence-electron chi connectivity index (χ0n) is 12.4. The summed E-state index contributed by atoms with van der Waals surface area (Å²) in [5, 5.41) is 0. The van der Waals surface area contributed by atoms with Gasteiger partial charge < -0.3 is 0 Å². The van der Waals surface area contributed by atoms with Crippen LogP contribution in [0.25, 0.3) is 0 Å². The Morgan fingerprint density at radius 3 is 2.86 bits per heavy atom. The zero-order valence-corrected chi connectivity index (χ0v) is 13.3.